The van der Waals surface area contributed by atoms with Crippen molar-refractivity contribution in [1.29, 1.82) is 0 Å². The van der Waals surface area contributed by atoms with Gasteiger partial charge in [0.25, 0.3) is 0 Å². The predicted molar refractivity (Wildman–Crippen MR) is 66.8 cm³/mol. The van der Waals surface area contributed by atoms with E-state index in [0.29, 0.717) is 0 Å². The largest absolute Gasteiger partial charge is 0.459 e. The van der Waals surface area contributed by atoms with E-state index in [1.165, 1.54) is 6.92 Å². The van der Waals surface area contributed by atoms with Crippen LogP contribution in [0.15, 0.2) is 0 Å². The highest BCUT2D eigenvalue weighted by Gasteiger charge is 2.39. The van der Waals surface area contributed by atoms with Gasteiger partial charge in [-0.3, -0.25) is 9.36 Å². The standard InChI is InChI=1S/C9H17Cl2O5P/c1-4-14-17(13,15-5-2)9(11)7(3)16-8(12)6-10/h7,9H,4-6H2,1-3H3/t7-,9-/m0/s1. The number of alkyl halides is 2. The summed E-state index contributed by atoms with van der Waals surface area (Å²) < 4.78 is 27.2. The van der Waals surface area contributed by atoms with Crippen molar-refractivity contribution >= 4 is 36.8 Å². The van der Waals surface area contributed by atoms with E-state index in [1.54, 1.807) is 13.8 Å². The molecule has 0 amide bonds. The second kappa shape index (κ2) is 8.33. The molecule has 0 spiro atoms. The maximum Gasteiger partial charge on any atom is 0.352 e. The van der Waals surface area contributed by atoms with Crippen LogP contribution in [0.25, 0.3) is 0 Å². The van der Waals surface area contributed by atoms with E-state index in [1.807, 2.05) is 0 Å². The Morgan fingerprint density at radius 3 is 2.12 bits per heavy atom. The van der Waals surface area contributed by atoms with E-state index < -0.39 is 24.8 Å². The Morgan fingerprint density at radius 1 is 1.29 bits per heavy atom. The highest BCUT2D eigenvalue weighted by molar-refractivity contribution is 7.56. The molecule has 0 unspecified atom stereocenters. The fourth-order valence-corrected chi connectivity index (χ4v) is 3.20. The third-order valence-electron chi connectivity index (χ3n) is 1.73. The fourth-order valence-electron chi connectivity index (χ4n) is 1.09. The van der Waals surface area contributed by atoms with Gasteiger partial charge in [0.2, 0.25) is 0 Å². The van der Waals surface area contributed by atoms with Crippen molar-refractivity contribution in [2.45, 2.75) is 32.0 Å². The summed E-state index contributed by atoms with van der Waals surface area (Å²) in [6, 6.07) is 0. The van der Waals surface area contributed by atoms with E-state index in [0.717, 1.165) is 0 Å². The summed E-state index contributed by atoms with van der Waals surface area (Å²) in [5.41, 5.74) is 0. The average molecular weight is 307 g/mol. The maximum absolute atomic E-state index is 12.2. The minimum atomic E-state index is -3.49. The zero-order valence-electron chi connectivity index (χ0n) is 10.0. The van der Waals surface area contributed by atoms with Crippen molar-refractivity contribution in [3.63, 3.8) is 0 Å². The first kappa shape index (κ1) is 17.2. The van der Waals surface area contributed by atoms with Crippen molar-refractivity contribution in [2.75, 3.05) is 19.1 Å². The molecule has 2 atom stereocenters. The van der Waals surface area contributed by atoms with E-state index in [2.05, 4.69) is 0 Å². The lowest BCUT2D eigenvalue weighted by atomic mass is 10.5. The highest BCUT2D eigenvalue weighted by atomic mass is 35.5. The SMILES string of the molecule is CCOP(=O)(OCC)[C@H](Cl)[C@H](C)OC(=O)CCl. The number of halogens is 2. The smallest absolute Gasteiger partial charge is 0.352 e. The molecule has 0 N–H and O–H groups in total. The van der Waals surface area contributed by atoms with Crippen LogP contribution in [-0.4, -0.2) is 36.3 Å². The summed E-state index contributed by atoms with van der Waals surface area (Å²) in [4.78, 5) is 11.0. The predicted octanol–water partition coefficient (Wildman–Crippen LogP) is 2.99. The van der Waals surface area contributed by atoms with Gasteiger partial charge in [-0.25, -0.2) is 0 Å². The molecule has 0 saturated heterocycles. The zero-order chi connectivity index (χ0) is 13.5. The van der Waals surface area contributed by atoms with Crippen LogP contribution < -0.4 is 0 Å². The van der Waals surface area contributed by atoms with Crippen LogP contribution in [0.4, 0.5) is 0 Å². The molecular weight excluding hydrogens is 290 g/mol. The van der Waals surface area contributed by atoms with E-state index in [9.17, 15) is 9.36 Å². The van der Waals surface area contributed by atoms with Gasteiger partial charge < -0.3 is 13.8 Å². The minimum Gasteiger partial charge on any atom is -0.459 e. The van der Waals surface area contributed by atoms with Crippen LogP contribution in [0.2, 0.25) is 0 Å². The topological polar surface area (TPSA) is 61.8 Å². The minimum absolute atomic E-state index is 0.191. The Kier molecular flexibility index (Phi) is 8.43. The van der Waals surface area contributed by atoms with Crippen LogP contribution in [0.5, 0.6) is 0 Å². The summed E-state index contributed by atoms with van der Waals surface area (Å²) in [6.45, 7) is 5.23. The molecule has 0 aromatic rings. The number of carbonyl (C=O) groups excluding carboxylic acids is 1. The molecule has 0 aliphatic carbocycles. The molecule has 0 radical (unpaired) electrons. The lowest BCUT2D eigenvalue weighted by Gasteiger charge is -2.25. The lowest BCUT2D eigenvalue weighted by molar-refractivity contribution is -0.144. The fraction of sp³-hybridized carbons (Fsp3) is 0.889. The van der Waals surface area contributed by atoms with Gasteiger partial charge in [-0.1, -0.05) is 0 Å². The number of hydrogen-bond donors (Lipinski definition) is 0. The molecule has 0 aromatic heterocycles. The number of esters is 1. The molecule has 102 valence electrons. The quantitative estimate of drug-likeness (QED) is 0.392. The van der Waals surface area contributed by atoms with Crippen LogP contribution in [-0.2, 0) is 23.1 Å². The molecule has 0 fully saturated rings. The van der Waals surface area contributed by atoms with Crippen LogP contribution >= 0.6 is 30.8 Å². The normalized spacial score (nSPS) is 15.4. The molecule has 0 rings (SSSR count). The first-order valence-electron chi connectivity index (χ1n) is 5.19. The number of rotatable bonds is 8. The first-order chi connectivity index (χ1) is 7.91. The molecular formula is C9H17Cl2O5P. The zero-order valence-corrected chi connectivity index (χ0v) is 12.4. The van der Waals surface area contributed by atoms with Crippen LogP contribution in [0, 0.1) is 0 Å². The van der Waals surface area contributed by atoms with Crippen molar-refractivity contribution < 1.29 is 23.1 Å². The second-order valence-corrected chi connectivity index (χ2v) is 6.27. The first-order valence-corrected chi connectivity index (χ1v) is 7.77. The molecule has 0 bridgehead atoms. The van der Waals surface area contributed by atoms with Gasteiger partial charge in [-0.05, 0) is 20.8 Å². The molecule has 8 heteroatoms. The molecule has 0 heterocycles. The molecule has 0 aliphatic rings. The summed E-state index contributed by atoms with van der Waals surface area (Å²) in [5, 5.41) is -1.06. The van der Waals surface area contributed by atoms with Gasteiger partial charge in [-0.15, -0.1) is 23.2 Å². The number of ether oxygens (including phenoxy) is 1. The van der Waals surface area contributed by atoms with E-state index in [-0.39, 0.29) is 19.1 Å². The van der Waals surface area contributed by atoms with Gasteiger partial charge in [0.15, 0.2) is 5.12 Å². The van der Waals surface area contributed by atoms with Crippen molar-refractivity contribution in [3.05, 3.63) is 0 Å². The van der Waals surface area contributed by atoms with Gasteiger partial charge in [0, 0.05) is 0 Å². The monoisotopic (exact) mass is 306 g/mol. The lowest BCUT2D eigenvalue weighted by Crippen LogP contribution is -2.26. The third-order valence-corrected chi connectivity index (χ3v) is 5.28. The molecule has 0 saturated carbocycles. The van der Waals surface area contributed by atoms with E-state index in [4.69, 9.17) is 37.0 Å². The molecule has 17 heavy (non-hydrogen) atoms. The number of carbonyl (C=O) groups is 1. The van der Waals surface area contributed by atoms with Gasteiger partial charge >= 0.3 is 13.6 Å². The Balaban J connectivity index is 4.65. The maximum atomic E-state index is 12.2. The van der Waals surface area contributed by atoms with Crippen molar-refractivity contribution in [2.24, 2.45) is 0 Å². The van der Waals surface area contributed by atoms with Crippen molar-refractivity contribution in [1.82, 2.24) is 0 Å². The highest BCUT2D eigenvalue weighted by Crippen LogP contribution is 2.56. The Labute approximate surface area is 111 Å². The third kappa shape index (κ3) is 5.58. The van der Waals surface area contributed by atoms with E-state index >= 15 is 0 Å². The summed E-state index contributed by atoms with van der Waals surface area (Å²) in [5.74, 6) is -0.925. The van der Waals surface area contributed by atoms with Crippen LogP contribution in [0.1, 0.15) is 20.8 Å². The Hall–Kier alpha value is 0.200. The molecule has 0 aliphatic heterocycles. The van der Waals surface area contributed by atoms with Crippen LogP contribution in [0.3, 0.4) is 0 Å². The molecule has 5 nitrogen and oxygen atoms in total. The summed E-state index contributed by atoms with van der Waals surface area (Å²) in [7, 11) is -3.49. The number of hydrogen-bond acceptors (Lipinski definition) is 5. The van der Waals surface area contributed by atoms with Gasteiger partial charge in [0.05, 0.1) is 13.2 Å². The summed E-state index contributed by atoms with van der Waals surface area (Å²) >= 11 is 11.3. The Morgan fingerprint density at radius 2 is 1.76 bits per heavy atom. The second-order valence-electron chi connectivity index (χ2n) is 3.08. The van der Waals surface area contributed by atoms with Gasteiger partial charge in [-0.2, -0.15) is 0 Å². The van der Waals surface area contributed by atoms with Gasteiger partial charge in [0.1, 0.15) is 12.0 Å². The average Bonchev–Trinajstić information content (AvgIpc) is 2.28. The van der Waals surface area contributed by atoms with Crippen molar-refractivity contribution in [3.8, 4) is 0 Å². The Bertz CT molecular complexity index is 277. The summed E-state index contributed by atoms with van der Waals surface area (Å²) in [6.07, 6.45) is -0.813. The molecule has 0 aromatic carbocycles.